The first-order chi connectivity index (χ1) is 10.3. The molecule has 0 radical (unpaired) electrons. The van der Waals surface area contributed by atoms with Gasteiger partial charge in [0.2, 0.25) is 5.95 Å². The van der Waals surface area contributed by atoms with Crippen molar-refractivity contribution in [3.05, 3.63) is 22.6 Å². The van der Waals surface area contributed by atoms with Gasteiger partial charge >= 0.3 is 0 Å². The monoisotopic (exact) mass is 293 g/mol. The fraction of sp³-hybridized carbons (Fsp3) is 0.765. The summed E-state index contributed by atoms with van der Waals surface area (Å²) >= 11 is 0. The van der Waals surface area contributed by atoms with Gasteiger partial charge in [-0.15, -0.1) is 0 Å². The molecule has 0 aliphatic rings. The summed E-state index contributed by atoms with van der Waals surface area (Å²) in [6.45, 7) is 3.14. The van der Waals surface area contributed by atoms with E-state index < -0.39 is 0 Å². The lowest BCUT2D eigenvalue weighted by Crippen LogP contribution is -2.11. The van der Waals surface area contributed by atoms with Gasteiger partial charge in [-0.3, -0.25) is 9.78 Å². The highest BCUT2D eigenvalue weighted by atomic mass is 16.1. The van der Waals surface area contributed by atoms with Gasteiger partial charge in [-0.1, -0.05) is 71.1 Å². The van der Waals surface area contributed by atoms with Crippen LogP contribution < -0.4 is 10.9 Å². The minimum atomic E-state index is -0.105. The summed E-state index contributed by atoms with van der Waals surface area (Å²) in [5, 5.41) is 3.15. The number of nitrogens with zero attached hydrogens (tertiary/aromatic N) is 1. The first-order valence-corrected chi connectivity index (χ1v) is 8.62. The molecule has 0 fully saturated rings. The number of nitrogens with one attached hydrogen (secondary N) is 2. The third kappa shape index (κ3) is 10.1. The summed E-state index contributed by atoms with van der Waals surface area (Å²) in [5.41, 5.74) is -0.105. The van der Waals surface area contributed by atoms with Crippen molar-refractivity contribution in [2.24, 2.45) is 0 Å². The van der Waals surface area contributed by atoms with Crippen molar-refractivity contribution in [2.45, 2.75) is 77.6 Å². The molecule has 0 spiro atoms. The van der Waals surface area contributed by atoms with E-state index in [1.807, 2.05) is 0 Å². The van der Waals surface area contributed by atoms with Crippen LogP contribution in [0.1, 0.15) is 77.6 Å². The van der Waals surface area contributed by atoms with Gasteiger partial charge in [0.1, 0.15) is 0 Å². The zero-order chi connectivity index (χ0) is 15.2. The molecule has 0 amide bonds. The highest BCUT2D eigenvalue weighted by molar-refractivity contribution is 5.21. The zero-order valence-corrected chi connectivity index (χ0v) is 13.5. The summed E-state index contributed by atoms with van der Waals surface area (Å²) in [5.74, 6) is 0.578. The van der Waals surface area contributed by atoms with Gasteiger partial charge in [0.05, 0.1) is 0 Å². The molecule has 1 aromatic rings. The number of aromatic amines is 1. The first kappa shape index (κ1) is 17.7. The van der Waals surface area contributed by atoms with Crippen LogP contribution in [0.2, 0.25) is 0 Å². The molecule has 21 heavy (non-hydrogen) atoms. The second-order valence-corrected chi connectivity index (χ2v) is 5.75. The minimum Gasteiger partial charge on any atom is -0.356 e. The van der Waals surface area contributed by atoms with Gasteiger partial charge in [-0.25, -0.2) is 4.98 Å². The Labute approximate surface area is 128 Å². The van der Waals surface area contributed by atoms with Crippen molar-refractivity contribution >= 4 is 5.95 Å². The Morgan fingerprint density at radius 1 is 0.952 bits per heavy atom. The van der Waals surface area contributed by atoms with E-state index in [2.05, 4.69) is 22.2 Å². The number of aromatic nitrogens is 2. The Bertz CT molecular complexity index is 403. The third-order valence-corrected chi connectivity index (χ3v) is 3.74. The van der Waals surface area contributed by atoms with Crippen LogP contribution >= 0.6 is 0 Å². The van der Waals surface area contributed by atoms with Crippen LogP contribution in [-0.2, 0) is 0 Å². The number of unbranched alkanes of at least 4 members (excludes halogenated alkanes) is 10. The maximum atomic E-state index is 11.1. The third-order valence-electron chi connectivity index (χ3n) is 3.74. The Hall–Kier alpha value is -1.32. The van der Waals surface area contributed by atoms with Crippen molar-refractivity contribution in [2.75, 3.05) is 11.9 Å². The second kappa shape index (κ2) is 12.4. The molecule has 0 aliphatic carbocycles. The number of rotatable bonds is 13. The van der Waals surface area contributed by atoms with Gasteiger partial charge in [-0.2, -0.15) is 0 Å². The molecule has 1 aromatic heterocycles. The van der Waals surface area contributed by atoms with Crippen LogP contribution in [0.5, 0.6) is 0 Å². The van der Waals surface area contributed by atoms with Crippen LogP contribution in [-0.4, -0.2) is 16.5 Å². The molecular formula is C17H31N3O. The molecule has 0 saturated carbocycles. The second-order valence-electron chi connectivity index (χ2n) is 5.75. The van der Waals surface area contributed by atoms with E-state index >= 15 is 0 Å². The molecule has 0 unspecified atom stereocenters. The molecule has 2 N–H and O–H groups in total. The van der Waals surface area contributed by atoms with Gasteiger partial charge in [-0.05, 0) is 6.42 Å². The highest BCUT2D eigenvalue weighted by Crippen LogP contribution is 2.11. The fourth-order valence-electron chi connectivity index (χ4n) is 2.46. The summed E-state index contributed by atoms with van der Waals surface area (Å²) in [6, 6.07) is 1.42. The molecule has 0 bridgehead atoms. The lowest BCUT2D eigenvalue weighted by molar-refractivity contribution is 0.552. The van der Waals surface area contributed by atoms with Gasteiger partial charge < -0.3 is 5.32 Å². The van der Waals surface area contributed by atoms with E-state index in [0.717, 1.165) is 13.0 Å². The summed E-state index contributed by atoms with van der Waals surface area (Å²) < 4.78 is 0. The average molecular weight is 293 g/mol. The molecule has 120 valence electrons. The van der Waals surface area contributed by atoms with Crippen molar-refractivity contribution in [3.8, 4) is 0 Å². The fourth-order valence-corrected chi connectivity index (χ4v) is 2.46. The number of anilines is 1. The van der Waals surface area contributed by atoms with E-state index in [9.17, 15) is 4.79 Å². The molecule has 0 saturated heterocycles. The quantitative estimate of drug-likeness (QED) is 0.527. The number of H-pyrrole nitrogens is 1. The standard InChI is InChI=1S/C17H31N3O/c1-2-3-4-5-6-7-8-9-10-11-12-14-18-17-19-15-13-16(21)20-17/h13,15H,2-12,14H2,1H3,(H2,18,19,20,21). The molecule has 0 aliphatic heterocycles. The van der Waals surface area contributed by atoms with Crippen molar-refractivity contribution in [1.29, 1.82) is 0 Å². The predicted octanol–water partition coefficient (Wildman–Crippen LogP) is 4.49. The summed E-state index contributed by atoms with van der Waals surface area (Å²) in [7, 11) is 0. The summed E-state index contributed by atoms with van der Waals surface area (Å²) in [4.78, 5) is 17.8. The normalized spacial score (nSPS) is 10.7. The molecule has 1 heterocycles. The topological polar surface area (TPSA) is 57.8 Å². The van der Waals surface area contributed by atoms with E-state index in [4.69, 9.17) is 0 Å². The average Bonchev–Trinajstić information content (AvgIpc) is 2.48. The number of hydrogen-bond donors (Lipinski definition) is 2. The van der Waals surface area contributed by atoms with Crippen molar-refractivity contribution in [1.82, 2.24) is 9.97 Å². The van der Waals surface area contributed by atoms with Crippen molar-refractivity contribution in [3.63, 3.8) is 0 Å². The van der Waals surface area contributed by atoms with Crippen LogP contribution in [0, 0.1) is 0 Å². The van der Waals surface area contributed by atoms with E-state index in [0.29, 0.717) is 5.95 Å². The van der Waals surface area contributed by atoms with Gasteiger partial charge in [0.15, 0.2) is 0 Å². The van der Waals surface area contributed by atoms with Gasteiger partial charge in [0, 0.05) is 18.8 Å². The maximum Gasteiger partial charge on any atom is 0.252 e. The number of hydrogen-bond acceptors (Lipinski definition) is 3. The molecule has 4 heteroatoms. The first-order valence-electron chi connectivity index (χ1n) is 8.62. The van der Waals surface area contributed by atoms with E-state index in [-0.39, 0.29) is 5.56 Å². The maximum absolute atomic E-state index is 11.1. The van der Waals surface area contributed by atoms with Crippen LogP contribution in [0.15, 0.2) is 17.1 Å². The smallest absolute Gasteiger partial charge is 0.252 e. The lowest BCUT2D eigenvalue weighted by atomic mass is 10.1. The lowest BCUT2D eigenvalue weighted by Gasteiger charge is -2.05. The van der Waals surface area contributed by atoms with E-state index in [1.165, 1.54) is 76.5 Å². The molecule has 0 aromatic carbocycles. The highest BCUT2D eigenvalue weighted by Gasteiger charge is 1.95. The minimum absolute atomic E-state index is 0.105. The molecule has 0 atom stereocenters. The summed E-state index contributed by atoms with van der Waals surface area (Å²) in [6.07, 6.45) is 16.3. The van der Waals surface area contributed by atoms with Crippen molar-refractivity contribution < 1.29 is 0 Å². The van der Waals surface area contributed by atoms with Gasteiger partial charge in [0.25, 0.3) is 5.56 Å². The molecular weight excluding hydrogens is 262 g/mol. The predicted molar refractivity (Wildman–Crippen MR) is 89.8 cm³/mol. The largest absolute Gasteiger partial charge is 0.356 e. The Morgan fingerprint density at radius 2 is 1.52 bits per heavy atom. The van der Waals surface area contributed by atoms with Crippen LogP contribution in [0.4, 0.5) is 5.95 Å². The SMILES string of the molecule is CCCCCCCCCCCCCNc1nccc(=O)[nH]1. The molecule has 1 rings (SSSR count). The Kier molecular flexibility index (Phi) is 10.5. The van der Waals surface area contributed by atoms with E-state index in [1.54, 1.807) is 0 Å². The molecule has 4 nitrogen and oxygen atoms in total. The Morgan fingerprint density at radius 3 is 2.10 bits per heavy atom. The van der Waals surface area contributed by atoms with Crippen LogP contribution in [0.25, 0.3) is 0 Å². The van der Waals surface area contributed by atoms with Crippen LogP contribution in [0.3, 0.4) is 0 Å². The zero-order valence-electron chi connectivity index (χ0n) is 13.5. The Balaban J connectivity index is 1.83.